The van der Waals surface area contributed by atoms with Gasteiger partial charge in [0.1, 0.15) is 0 Å². The Hall–Kier alpha value is -2.70. The number of hydrogen-bond donors (Lipinski definition) is 2. The van der Waals surface area contributed by atoms with Crippen molar-refractivity contribution in [1.29, 1.82) is 0 Å². The number of aliphatic hydroxyl groups excluding tert-OH is 1. The molecule has 1 saturated heterocycles. The number of β-amino-alcohol motifs (C(OH)–C–C–N with tert-alkyl or cyclic N) is 1. The van der Waals surface area contributed by atoms with Gasteiger partial charge >= 0.3 is 5.69 Å². The predicted octanol–water partition coefficient (Wildman–Crippen LogP) is -0.880. The first-order chi connectivity index (χ1) is 14.6. The van der Waals surface area contributed by atoms with Crippen LogP contribution in [0.4, 0.5) is 5.95 Å². The van der Waals surface area contributed by atoms with Crippen LogP contribution in [-0.4, -0.2) is 84.2 Å². The number of imidazole rings is 1. The van der Waals surface area contributed by atoms with Crippen LogP contribution in [0.25, 0.3) is 11.2 Å². The molecule has 0 unspecified atom stereocenters. The fourth-order valence-electron chi connectivity index (χ4n) is 3.58. The van der Waals surface area contributed by atoms with Gasteiger partial charge in [-0.2, -0.15) is 4.98 Å². The third kappa shape index (κ3) is 4.11. The standard InChI is InChI=1S/C18H24N8O3S/c1-23-14-13(15(28)22-18(23)29)26(10-12-30-16-19-3-2-4-20-16)17(21-14)25-7-5-24(6-8-25)9-11-27/h2-4,27H,5-12H2,1H3,(H,22,28,29). The molecule has 0 atom stereocenters. The van der Waals surface area contributed by atoms with E-state index >= 15 is 0 Å². The van der Waals surface area contributed by atoms with Crippen LogP contribution in [0.1, 0.15) is 0 Å². The average Bonchev–Trinajstić information content (AvgIpc) is 3.14. The number of thioether (sulfide) groups is 1. The highest BCUT2D eigenvalue weighted by Crippen LogP contribution is 2.22. The maximum absolute atomic E-state index is 12.6. The molecule has 11 nitrogen and oxygen atoms in total. The number of aromatic nitrogens is 6. The topological polar surface area (TPSA) is 125 Å². The van der Waals surface area contributed by atoms with E-state index in [1.54, 1.807) is 25.5 Å². The van der Waals surface area contributed by atoms with Gasteiger partial charge in [0.2, 0.25) is 5.95 Å². The van der Waals surface area contributed by atoms with E-state index in [0.29, 0.717) is 41.1 Å². The largest absolute Gasteiger partial charge is 0.395 e. The van der Waals surface area contributed by atoms with Crippen molar-refractivity contribution in [2.75, 3.05) is 50.0 Å². The lowest BCUT2D eigenvalue weighted by Crippen LogP contribution is -2.48. The molecule has 1 fully saturated rings. The van der Waals surface area contributed by atoms with Crippen LogP contribution in [0.5, 0.6) is 0 Å². The van der Waals surface area contributed by atoms with E-state index in [-0.39, 0.29) is 6.61 Å². The van der Waals surface area contributed by atoms with Crippen molar-refractivity contribution in [2.24, 2.45) is 7.05 Å². The summed E-state index contributed by atoms with van der Waals surface area (Å²) in [7, 11) is 1.60. The van der Waals surface area contributed by atoms with Crippen LogP contribution >= 0.6 is 11.8 Å². The van der Waals surface area contributed by atoms with Crippen LogP contribution in [0.2, 0.25) is 0 Å². The van der Waals surface area contributed by atoms with E-state index in [0.717, 1.165) is 26.2 Å². The van der Waals surface area contributed by atoms with Crippen molar-refractivity contribution >= 4 is 28.9 Å². The summed E-state index contributed by atoms with van der Waals surface area (Å²) in [6, 6.07) is 1.77. The molecule has 0 radical (unpaired) electrons. The van der Waals surface area contributed by atoms with Crippen LogP contribution in [-0.2, 0) is 13.6 Å². The molecule has 1 aliphatic rings. The van der Waals surface area contributed by atoms with Crippen molar-refractivity contribution in [1.82, 2.24) is 34.0 Å². The summed E-state index contributed by atoms with van der Waals surface area (Å²) in [5, 5.41) is 9.83. The number of nitrogens with zero attached hydrogens (tertiary/aromatic N) is 7. The number of aryl methyl sites for hydroxylation is 2. The first-order valence-electron chi connectivity index (χ1n) is 9.76. The molecule has 160 valence electrons. The normalized spacial score (nSPS) is 15.2. The average molecular weight is 433 g/mol. The van der Waals surface area contributed by atoms with Gasteiger partial charge in [0.25, 0.3) is 5.56 Å². The minimum atomic E-state index is -0.483. The summed E-state index contributed by atoms with van der Waals surface area (Å²) in [5.41, 5.74) is -0.160. The summed E-state index contributed by atoms with van der Waals surface area (Å²) in [5.74, 6) is 1.32. The number of aromatic amines is 1. The van der Waals surface area contributed by atoms with Crippen molar-refractivity contribution in [3.05, 3.63) is 39.3 Å². The second-order valence-corrected chi connectivity index (χ2v) is 8.05. The molecule has 4 heterocycles. The molecule has 3 aromatic rings. The molecule has 12 heteroatoms. The molecule has 0 aliphatic carbocycles. The minimum absolute atomic E-state index is 0.134. The molecule has 0 amide bonds. The van der Waals surface area contributed by atoms with Gasteiger partial charge in [-0.25, -0.2) is 14.8 Å². The molecule has 4 rings (SSSR count). The molecule has 30 heavy (non-hydrogen) atoms. The number of fused-ring (bicyclic) bond motifs is 1. The Morgan fingerprint density at radius 2 is 1.87 bits per heavy atom. The van der Waals surface area contributed by atoms with Crippen LogP contribution in [0, 0.1) is 0 Å². The third-order valence-corrected chi connectivity index (χ3v) is 6.00. The van der Waals surface area contributed by atoms with E-state index < -0.39 is 11.2 Å². The quantitative estimate of drug-likeness (QED) is 0.362. The Kier molecular flexibility index (Phi) is 6.16. The highest BCUT2D eigenvalue weighted by atomic mass is 32.2. The lowest BCUT2D eigenvalue weighted by molar-refractivity contribution is 0.188. The molecule has 0 aromatic carbocycles. The van der Waals surface area contributed by atoms with E-state index in [2.05, 4.69) is 29.7 Å². The van der Waals surface area contributed by atoms with Crippen molar-refractivity contribution in [3.8, 4) is 0 Å². The number of rotatable bonds is 7. The summed E-state index contributed by atoms with van der Waals surface area (Å²) in [6.07, 6.45) is 3.39. The monoisotopic (exact) mass is 432 g/mol. The van der Waals surface area contributed by atoms with Crippen LogP contribution in [0.15, 0.2) is 33.2 Å². The van der Waals surface area contributed by atoms with Crippen molar-refractivity contribution < 1.29 is 5.11 Å². The molecule has 0 spiro atoms. The highest BCUT2D eigenvalue weighted by molar-refractivity contribution is 7.99. The summed E-state index contributed by atoms with van der Waals surface area (Å²) >= 11 is 1.50. The molecule has 0 bridgehead atoms. The van der Waals surface area contributed by atoms with E-state index in [4.69, 9.17) is 5.11 Å². The summed E-state index contributed by atoms with van der Waals surface area (Å²) in [6.45, 7) is 4.35. The van der Waals surface area contributed by atoms with Crippen LogP contribution < -0.4 is 16.1 Å². The Morgan fingerprint density at radius 1 is 1.13 bits per heavy atom. The third-order valence-electron chi connectivity index (χ3n) is 5.15. The van der Waals surface area contributed by atoms with E-state index in [9.17, 15) is 9.59 Å². The zero-order valence-electron chi connectivity index (χ0n) is 16.7. The first kappa shape index (κ1) is 20.6. The van der Waals surface area contributed by atoms with Gasteiger partial charge in [-0.15, -0.1) is 0 Å². The Labute approximate surface area is 176 Å². The number of hydrogen-bond acceptors (Lipinski definition) is 9. The van der Waals surface area contributed by atoms with Gasteiger partial charge in [-0.1, -0.05) is 11.8 Å². The summed E-state index contributed by atoms with van der Waals surface area (Å²) in [4.78, 5) is 44.5. The molecule has 1 aliphatic heterocycles. The second kappa shape index (κ2) is 8.98. The molecular weight excluding hydrogens is 408 g/mol. The second-order valence-electron chi connectivity index (χ2n) is 6.99. The van der Waals surface area contributed by atoms with Crippen LogP contribution in [0.3, 0.4) is 0 Å². The maximum atomic E-state index is 12.6. The molecule has 3 aromatic heterocycles. The number of nitrogens with one attached hydrogen (secondary N) is 1. The van der Waals surface area contributed by atoms with Gasteiger partial charge < -0.3 is 14.6 Å². The predicted molar refractivity (Wildman–Crippen MR) is 114 cm³/mol. The first-order valence-corrected chi connectivity index (χ1v) is 10.7. The van der Waals surface area contributed by atoms with E-state index in [1.165, 1.54) is 16.3 Å². The smallest absolute Gasteiger partial charge is 0.329 e. The fourth-order valence-corrected chi connectivity index (χ4v) is 4.30. The Balaban J connectivity index is 1.65. The molecular formula is C18H24N8O3S. The number of aliphatic hydroxyl groups is 1. The lowest BCUT2D eigenvalue weighted by Gasteiger charge is -2.35. The van der Waals surface area contributed by atoms with Gasteiger partial charge in [0.15, 0.2) is 16.3 Å². The molecule has 0 saturated carbocycles. The van der Waals surface area contributed by atoms with Gasteiger partial charge in [-0.3, -0.25) is 19.2 Å². The number of anilines is 1. The lowest BCUT2D eigenvalue weighted by atomic mass is 10.3. The van der Waals surface area contributed by atoms with E-state index in [1.807, 2.05) is 4.57 Å². The van der Waals surface area contributed by atoms with Crippen molar-refractivity contribution in [3.63, 3.8) is 0 Å². The number of H-pyrrole nitrogens is 1. The maximum Gasteiger partial charge on any atom is 0.329 e. The van der Waals surface area contributed by atoms with Gasteiger partial charge in [0, 0.05) is 64.5 Å². The number of piperazine rings is 1. The zero-order chi connectivity index (χ0) is 21.1. The van der Waals surface area contributed by atoms with Gasteiger partial charge in [-0.05, 0) is 6.07 Å². The summed E-state index contributed by atoms with van der Waals surface area (Å²) < 4.78 is 3.25. The SMILES string of the molecule is Cn1c(=O)[nH]c(=O)c2c1nc(N1CCN(CCO)CC1)n2CCSc1ncccn1. The highest BCUT2D eigenvalue weighted by Gasteiger charge is 2.24. The Bertz CT molecular complexity index is 1120. The van der Waals surface area contributed by atoms with Gasteiger partial charge in [0.05, 0.1) is 6.61 Å². The zero-order valence-corrected chi connectivity index (χ0v) is 17.5. The molecule has 2 N–H and O–H groups in total. The minimum Gasteiger partial charge on any atom is -0.395 e. The Morgan fingerprint density at radius 3 is 2.57 bits per heavy atom. The fraction of sp³-hybridized carbons (Fsp3) is 0.500. The van der Waals surface area contributed by atoms with Crippen molar-refractivity contribution in [2.45, 2.75) is 11.7 Å².